The maximum absolute atomic E-state index is 5.95. The molecule has 2 heteroatoms. The molecule has 0 aliphatic carbocycles. The van der Waals surface area contributed by atoms with E-state index in [1.54, 1.807) is 0 Å². The topological polar surface area (TPSA) is 9.23 Å². The Morgan fingerprint density at radius 1 is 1.28 bits per heavy atom. The summed E-state index contributed by atoms with van der Waals surface area (Å²) in [6.45, 7) is 3.33. The zero-order valence-electron chi connectivity index (χ0n) is 11.6. The van der Waals surface area contributed by atoms with E-state index in [1.165, 1.54) is 44.1 Å². The van der Waals surface area contributed by atoms with Crippen LogP contribution in [0.1, 0.15) is 44.6 Å². The van der Waals surface area contributed by atoms with Crippen LogP contribution in [0.2, 0.25) is 5.54 Å². The monoisotopic (exact) mass is 262 g/mol. The number of hydrogen-bond acceptors (Lipinski definition) is 1. The van der Waals surface area contributed by atoms with Crippen LogP contribution in [0.15, 0.2) is 30.3 Å². The summed E-state index contributed by atoms with van der Waals surface area (Å²) in [6.07, 6.45) is 7.99. The molecule has 0 aromatic heterocycles. The molecule has 0 amide bonds. The number of ether oxygens (including phenoxy) is 1. The predicted molar refractivity (Wildman–Crippen MR) is 80.9 cm³/mol. The second kappa shape index (κ2) is 7.75. The molecule has 100 valence electrons. The SMILES string of the molecule is CCCC(Cc1ccccc1)[SiH2]C1CCCCO1. The van der Waals surface area contributed by atoms with Crippen molar-refractivity contribution in [3.8, 4) is 0 Å². The highest BCUT2D eigenvalue weighted by Gasteiger charge is 2.20. The minimum absolute atomic E-state index is 0.0975. The Hall–Kier alpha value is -0.603. The highest BCUT2D eigenvalue weighted by atomic mass is 28.2. The van der Waals surface area contributed by atoms with Gasteiger partial charge in [0.05, 0.1) is 9.52 Å². The second-order valence-electron chi connectivity index (χ2n) is 5.57. The first-order chi connectivity index (χ1) is 8.88. The number of rotatable bonds is 6. The molecule has 1 heterocycles. The molecule has 1 nitrogen and oxygen atoms in total. The van der Waals surface area contributed by atoms with Gasteiger partial charge in [0.1, 0.15) is 0 Å². The van der Waals surface area contributed by atoms with Gasteiger partial charge >= 0.3 is 0 Å². The van der Waals surface area contributed by atoms with Gasteiger partial charge in [-0.25, -0.2) is 0 Å². The molecule has 0 saturated carbocycles. The van der Waals surface area contributed by atoms with Crippen molar-refractivity contribution in [2.75, 3.05) is 6.61 Å². The summed E-state index contributed by atoms with van der Waals surface area (Å²) in [6, 6.07) is 11.0. The van der Waals surface area contributed by atoms with Crippen molar-refractivity contribution in [2.24, 2.45) is 0 Å². The van der Waals surface area contributed by atoms with Crippen molar-refractivity contribution in [2.45, 2.75) is 56.7 Å². The first-order valence-corrected chi connectivity index (χ1v) is 9.17. The summed E-state index contributed by atoms with van der Waals surface area (Å²) in [5, 5.41) is 0. The Balaban J connectivity index is 1.86. The third-order valence-corrected chi connectivity index (χ3v) is 6.47. The van der Waals surface area contributed by atoms with Gasteiger partial charge in [0.15, 0.2) is 0 Å². The molecule has 1 aliphatic heterocycles. The molecule has 18 heavy (non-hydrogen) atoms. The van der Waals surface area contributed by atoms with Gasteiger partial charge < -0.3 is 4.74 Å². The molecule has 1 aliphatic rings. The van der Waals surface area contributed by atoms with Crippen molar-refractivity contribution in [1.82, 2.24) is 0 Å². The van der Waals surface area contributed by atoms with Gasteiger partial charge in [-0.15, -0.1) is 0 Å². The molecular formula is C16H26OSi. The van der Waals surface area contributed by atoms with E-state index in [4.69, 9.17) is 4.74 Å². The molecule has 2 rings (SSSR count). The van der Waals surface area contributed by atoms with Crippen molar-refractivity contribution in [3.63, 3.8) is 0 Å². The van der Waals surface area contributed by atoms with Crippen LogP contribution >= 0.6 is 0 Å². The molecule has 1 aromatic rings. The van der Waals surface area contributed by atoms with Crippen LogP contribution in [0.5, 0.6) is 0 Å². The van der Waals surface area contributed by atoms with E-state index in [-0.39, 0.29) is 9.52 Å². The zero-order chi connectivity index (χ0) is 12.6. The van der Waals surface area contributed by atoms with Crippen LogP contribution in [-0.2, 0) is 11.2 Å². The summed E-state index contributed by atoms with van der Waals surface area (Å²) in [5.74, 6) is 0. The van der Waals surface area contributed by atoms with E-state index in [2.05, 4.69) is 37.3 Å². The van der Waals surface area contributed by atoms with Crippen molar-refractivity contribution >= 4 is 9.52 Å². The fraction of sp³-hybridized carbons (Fsp3) is 0.625. The van der Waals surface area contributed by atoms with Crippen molar-refractivity contribution < 1.29 is 4.74 Å². The number of benzene rings is 1. The molecule has 2 atom stereocenters. The van der Waals surface area contributed by atoms with Crippen molar-refractivity contribution in [1.29, 1.82) is 0 Å². The molecule has 0 bridgehead atoms. The minimum atomic E-state index is -0.0975. The van der Waals surface area contributed by atoms with Gasteiger partial charge in [-0.05, 0) is 36.8 Å². The van der Waals surface area contributed by atoms with E-state index < -0.39 is 0 Å². The maximum atomic E-state index is 5.95. The maximum Gasteiger partial charge on any atom is 0.0590 e. The van der Waals surface area contributed by atoms with E-state index in [0.717, 1.165) is 12.1 Å². The average molecular weight is 262 g/mol. The third kappa shape index (κ3) is 4.58. The van der Waals surface area contributed by atoms with Crippen LogP contribution < -0.4 is 0 Å². The summed E-state index contributed by atoms with van der Waals surface area (Å²) in [7, 11) is -0.0975. The summed E-state index contributed by atoms with van der Waals surface area (Å²) < 4.78 is 5.95. The lowest BCUT2D eigenvalue weighted by atomic mass is 10.1. The molecule has 0 spiro atoms. The van der Waals surface area contributed by atoms with E-state index in [1.807, 2.05) is 0 Å². The van der Waals surface area contributed by atoms with E-state index >= 15 is 0 Å². The van der Waals surface area contributed by atoms with Crippen LogP contribution in [0, 0.1) is 0 Å². The predicted octanol–water partition coefficient (Wildman–Crippen LogP) is 3.51. The van der Waals surface area contributed by atoms with Gasteiger partial charge in [0.25, 0.3) is 0 Å². The van der Waals surface area contributed by atoms with E-state index in [9.17, 15) is 0 Å². The zero-order valence-corrected chi connectivity index (χ0v) is 13.0. The smallest absolute Gasteiger partial charge is 0.0590 e. The molecule has 2 unspecified atom stereocenters. The quantitative estimate of drug-likeness (QED) is 0.713. The second-order valence-corrected chi connectivity index (χ2v) is 8.11. The fourth-order valence-corrected chi connectivity index (χ4v) is 5.74. The van der Waals surface area contributed by atoms with Gasteiger partial charge in [0.2, 0.25) is 0 Å². The largest absolute Gasteiger partial charge is 0.382 e. The lowest BCUT2D eigenvalue weighted by Crippen LogP contribution is -2.29. The highest BCUT2D eigenvalue weighted by molar-refractivity contribution is 6.39. The van der Waals surface area contributed by atoms with Crippen LogP contribution in [-0.4, -0.2) is 21.9 Å². The van der Waals surface area contributed by atoms with E-state index in [0.29, 0.717) is 5.73 Å². The van der Waals surface area contributed by atoms with Gasteiger partial charge in [0, 0.05) is 12.3 Å². The third-order valence-electron chi connectivity index (χ3n) is 3.93. The summed E-state index contributed by atoms with van der Waals surface area (Å²) in [4.78, 5) is 0. The molecule has 1 fully saturated rings. The first kappa shape index (κ1) is 13.8. The van der Waals surface area contributed by atoms with Crippen LogP contribution in [0.25, 0.3) is 0 Å². The van der Waals surface area contributed by atoms with Gasteiger partial charge in [-0.3, -0.25) is 0 Å². The minimum Gasteiger partial charge on any atom is -0.382 e. The Morgan fingerprint density at radius 2 is 2.11 bits per heavy atom. The first-order valence-electron chi connectivity index (χ1n) is 7.54. The standard InChI is InChI=1S/C16H26OSi/c1-2-8-15(13-14-9-4-3-5-10-14)18-16-11-6-7-12-17-16/h3-5,9-10,15-16H,2,6-8,11-13,18H2,1H3. The van der Waals surface area contributed by atoms with Crippen molar-refractivity contribution in [3.05, 3.63) is 35.9 Å². The molecule has 1 saturated heterocycles. The summed E-state index contributed by atoms with van der Waals surface area (Å²) in [5.41, 5.74) is 3.11. The van der Waals surface area contributed by atoms with Crippen LogP contribution in [0.4, 0.5) is 0 Å². The van der Waals surface area contributed by atoms with Gasteiger partial charge in [-0.1, -0.05) is 50.1 Å². The van der Waals surface area contributed by atoms with Gasteiger partial charge in [-0.2, -0.15) is 0 Å². The molecule has 0 N–H and O–H groups in total. The molecule has 0 radical (unpaired) electrons. The fourth-order valence-electron chi connectivity index (χ4n) is 3.02. The summed E-state index contributed by atoms with van der Waals surface area (Å²) >= 11 is 0. The average Bonchev–Trinajstić information content (AvgIpc) is 2.41. The Kier molecular flexibility index (Phi) is 5.95. The Bertz CT molecular complexity index is 319. The Morgan fingerprint density at radius 3 is 2.78 bits per heavy atom. The van der Waals surface area contributed by atoms with Crippen LogP contribution in [0.3, 0.4) is 0 Å². The molecular weight excluding hydrogens is 236 g/mol. The number of hydrogen-bond donors (Lipinski definition) is 0. The lowest BCUT2D eigenvalue weighted by Gasteiger charge is -2.26. The Labute approximate surface area is 114 Å². The lowest BCUT2D eigenvalue weighted by molar-refractivity contribution is 0.0641. The highest BCUT2D eigenvalue weighted by Crippen LogP contribution is 2.23. The molecule has 1 aromatic carbocycles. The normalized spacial score (nSPS) is 22.4.